The minimum atomic E-state index is 0.397. The molecule has 22 heavy (non-hydrogen) atoms. The van der Waals surface area contributed by atoms with Gasteiger partial charge in [0.15, 0.2) is 0 Å². The Labute approximate surface area is 134 Å². The first kappa shape index (κ1) is 13.9. The van der Waals surface area contributed by atoms with Crippen LogP contribution in [0.3, 0.4) is 0 Å². The molecule has 1 fully saturated rings. The lowest BCUT2D eigenvalue weighted by atomic mass is 10.2. The van der Waals surface area contributed by atoms with Crippen molar-refractivity contribution < 1.29 is 0 Å². The molecule has 0 amide bonds. The molecular weight excluding hydrogens is 292 g/mol. The lowest BCUT2D eigenvalue weighted by Crippen LogP contribution is -2.23. The molecule has 2 aromatic heterocycles. The zero-order valence-electron chi connectivity index (χ0n) is 13.0. The van der Waals surface area contributed by atoms with Crippen LogP contribution in [0.5, 0.6) is 0 Å². The molecule has 5 heteroatoms. The number of thiazole rings is 1. The smallest absolute Gasteiger partial charge is 0.124 e. The second kappa shape index (κ2) is 5.48. The normalized spacial score (nSPS) is 19.3. The summed E-state index contributed by atoms with van der Waals surface area (Å²) in [7, 11) is 0. The van der Waals surface area contributed by atoms with Crippen LogP contribution in [0, 0.1) is 13.8 Å². The van der Waals surface area contributed by atoms with Crippen molar-refractivity contribution in [2.24, 2.45) is 0 Å². The number of H-pyrrole nitrogens is 1. The first-order valence-corrected chi connectivity index (χ1v) is 8.68. The van der Waals surface area contributed by atoms with Crippen LogP contribution >= 0.6 is 11.3 Å². The Hall–Kier alpha value is -1.72. The van der Waals surface area contributed by atoms with Crippen molar-refractivity contribution in [2.75, 3.05) is 6.54 Å². The number of hydrogen-bond acceptors (Lipinski definition) is 4. The van der Waals surface area contributed by atoms with Gasteiger partial charge in [0, 0.05) is 11.4 Å². The Balaban J connectivity index is 1.63. The number of aromatic nitrogens is 3. The van der Waals surface area contributed by atoms with Crippen LogP contribution in [-0.4, -0.2) is 26.4 Å². The van der Waals surface area contributed by atoms with Crippen molar-refractivity contribution >= 4 is 22.4 Å². The summed E-state index contributed by atoms with van der Waals surface area (Å²) in [5.41, 5.74) is 6.60. The largest absolute Gasteiger partial charge is 0.341 e. The number of fused-ring (bicyclic) bond motifs is 1. The van der Waals surface area contributed by atoms with E-state index >= 15 is 0 Å². The molecule has 4 nitrogen and oxygen atoms in total. The van der Waals surface area contributed by atoms with Gasteiger partial charge in [0.05, 0.1) is 28.3 Å². The highest BCUT2D eigenvalue weighted by molar-refractivity contribution is 7.09. The Morgan fingerprint density at radius 3 is 3.09 bits per heavy atom. The van der Waals surface area contributed by atoms with Gasteiger partial charge in [0.2, 0.25) is 0 Å². The number of aryl methyl sites for hydroxylation is 2. The molecule has 1 saturated heterocycles. The van der Waals surface area contributed by atoms with Crippen LogP contribution in [0.4, 0.5) is 0 Å². The molecule has 3 heterocycles. The molecule has 114 valence electrons. The molecule has 1 aliphatic rings. The van der Waals surface area contributed by atoms with Gasteiger partial charge in [0.25, 0.3) is 0 Å². The summed E-state index contributed by atoms with van der Waals surface area (Å²) in [4.78, 5) is 16.6. The van der Waals surface area contributed by atoms with Gasteiger partial charge in [-0.2, -0.15) is 0 Å². The Morgan fingerprint density at radius 1 is 1.36 bits per heavy atom. The molecule has 0 bridgehead atoms. The zero-order chi connectivity index (χ0) is 15.1. The van der Waals surface area contributed by atoms with E-state index in [2.05, 4.69) is 46.9 Å². The van der Waals surface area contributed by atoms with Gasteiger partial charge in [-0.05, 0) is 50.9 Å². The van der Waals surface area contributed by atoms with Crippen LogP contribution in [0.25, 0.3) is 11.0 Å². The fourth-order valence-electron chi connectivity index (χ4n) is 3.29. The molecule has 4 rings (SSSR count). The van der Waals surface area contributed by atoms with E-state index in [1.165, 1.54) is 23.3 Å². The lowest BCUT2D eigenvalue weighted by molar-refractivity contribution is 0.242. The fraction of sp³-hybridized carbons (Fsp3) is 0.412. The SMILES string of the molecule is Cc1ccc2nc([C@H]3CCCN3Cc3scnc3C)[nH]c2c1. The van der Waals surface area contributed by atoms with E-state index in [-0.39, 0.29) is 0 Å². The van der Waals surface area contributed by atoms with E-state index in [1.54, 1.807) is 11.3 Å². The van der Waals surface area contributed by atoms with Crippen LogP contribution in [0.1, 0.15) is 40.8 Å². The standard InChI is InChI=1S/C17H20N4S/c1-11-5-6-13-14(8-11)20-17(19-13)15-4-3-7-21(15)9-16-12(2)18-10-22-16/h5-6,8,10,15H,3-4,7,9H2,1-2H3,(H,19,20)/t15-/m1/s1. The van der Waals surface area contributed by atoms with Gasteiger partial charge in [-0.3, -0.25) is 4.90 Å². The summed E-state index contributed by atoms with van der Waals surface area (Å²) in [5.74, 6) is 1.11. The predicted molar refractivity (Wildman–Crippen MR) is 90.1 cm³/mol. The van der Waals surface area contributed by atoms with Crippen LogP contribution < -0.4 is 0 Å². The number of rotatable bonds is 3. The summed E-state index contributed by atoms with van der Waals surface area (Å²) in [6.07, 6.45) is 2.41. The molecule has 1 atom stereocenters. The summed E-state index contributed by atoms with van der Waals surface area (Å²) < 4.78 is 0. The van der Waals surface area contributed by atoms with E-state index < -0.39 is 0 Å². The molecular formula is C17H20N4S. The summed E-state index contributed by atoms with van der Waals surface area (Å²) in [6, 6.07) is 6.81. The highest BCUT2D eigenvalue weighted by atomic mass is 32.1. The number of likely N-dealkylation sites (tertiary alicyclic amines) is 1. The Morgan fingerprint density at radius 2 is 2.27 bits per heavy atom. The quantitative estimate of drug-likeness (QED) is 0.796. The number of aromatic amines is 1. The van der Waals surface area contributed by atoms with Gasteiger partial charge < -0.3 is 4.98 Å². The highest BCUT2D eigenvalue weighted by Gasteiger charge is 2.29. The average molecular weight is 312 g/mol. The first-order chi connectivity index (χ1) is 10.7. The van der Waals surface area contributed by atoms with Gasteiger partial charge in [-0.25, -0.2) is 9.97 Å². The molecule has 3 aromatic rings. The number of nitrogens with zero attached hydrogens (tertiary/aromatic N) is 3. The van der Waals surface area contributed by atoms with Crippen molar-refractivity contribution in [3.63, 3.8) is 0 Å². The summed E-state index contributed by atoms with van der Waals surface area (Å²) in [6.45, 7) is 6.34. The monoisotopic (exact) mass is 312 g/mol. The third-order valence-electron chi connectivity index (χ3n) is 4.53. The summed E-state index contributed by atoms with van der Waals surface area (Å²) >= 11 is 1.76. The Bertz CT molecular complexity index is 804. The van der Waals surface area contributed by atoms with Gasteiger partial charge in [-0.1, -0.05) is 6.07 Å². The minimum Gasteiger partial charge on any atom is -0.341 e. The molecule has 0 radical (unpaired) electrons. The number of hydrogen-bond donors (Lipinski definition) is 1. The van der Waals surface area contributed by atoms with Crippen LogP contribution in [-0.2, 0) is 6.54 Å². The summed E-state index contributed by atoms with van der Waals surface area (Å²) in [5, 5.41) is 0. The second-order valence-electron chi connectivity index (χ2n) is 6.13. The van der Waals surface area contributed by atoms with Crippen molar-refractivity contribution in [1.82, 2.24) is 19.9 Å². The van der Waals surface area contributed by atoms with Gasteiger partial charge in [-0.15, -0.1) is 11.3 Å². The van der Waals surface area contributed by atoms with E-state index in [0.717, 1.165) is 35.6 Å². The van der Waals surface area contributed by atoms with E-state index in [9.17, 15) is 0 Å². The molecule has 0 unspecified atom stereocenters. The Kier molecular flexibility index (Phi) is 3.47. The average Bonchev–Trinajstić information content (AvgIpc) is 3.19. The molecule has 0 spiro atoms. The predicted octanol–water partition coefficient (Wildman–Crippen LogP) is 3.97. The molecule has 0 aliphatic carbocycles. The minimum absolute atomic E-state index is 0.397. The molecule has 1 aliphatic heterocycles. The van der Waals surface area contributed by atoms with Crippen molar-refractivity contribution in [1.29, 1.82) is 0 Å². The van der Waals surface area contributed by atoms with Crippen LogP contribution in [0.2, 0.25) is 0 Å². The third kappa shape index (κ3) is 2.44. The molecule has 1 aromatic carbocycles. The number of imidazole rings is 1. The van der Waals surface area contributed by atoms with Crippen molar-refractivity contribution in [3.8, 4) is 0 Å². The molecule has 0 saturated carbocycles. The van der Waals surface area contributed by atoms with Crippen molar-refractivity contribution in [2.45, 2.75) is 39.3 Å². The topological polar surface area (TPSA) is 44.8 Å². The maximum Gasteiger partial charge on any atom is 0.124 e. The highest BCUT2D eigenvalue weighted by Crippen LogP contribution is 2.33. The molecule has 1 N–H and O–H groups in total. The second-order valence-corrected chi connectivity index (χ2v) is 7.07. The van der Waals surface area contributed by atoms with Crippen molar-refractivity contribution in [3.05, 3.63) is 45.7 Å². The van der Waals surface area contributed by atoms with Crippen LogP contribution in [0.15, 0.2) is 23.7 Å². The van der Waals surface area contributed by atoms with Gasteiger partial charge >= 0.3 is 0 Å². The zero-order valence-corrected chi connectivity index (χ0v) is 13.8. The van der Waals surface area contributed by atoms with E-state index in [4.69, 9.17) is 4.98 Å². The van der Waals surface area contributed by atoms with Gasteiger partial charge in [0.1, 0.15) is 5.82 Å². The first-order valence-electron chi connectivity index (χ1n) is 7.80. The van der Waals surface area contributed by atoms with E-state index in [0.29, 0.717) is 6.04 Å². The van der Waals surface area contributed by atoms with E-state index in [1.807, 2.05) is 5.51 Å². The third-order valence-corrected chi connectivity index (χ3v) is 5.45. The maximum atomic E-state index is 4.83. The number of benzene rings is 1. The maximum absolute atomic E-state index is 4.83. The fourth-order valence-corrected chi connectivity index (χ4v) is 4.09. The lowest BCUT2D eigenvalue weighted by Gasteiger charge is -2.22. The number of nitrogens with one attached hydrogen (secondary N) is 1.